The second-order valence-corrected chi connectivity index (χ2v) is 4.42. The molecule has 0 amide bonds. The Bertz CT molecular complexity index is 302. The van der Waals surface area contributed by atoms with Crippen molar-refractivity contribution in [3.05, 3.63) is 24.6 Å². The largest absolute Gasteiger partial charge is 0.266 e. The van der Waals surface area contributed by atoms with Crippen molar-refractivity contribution in [3.8, 4) is 0 Å². The molecule has 1 aromatic rings. The van der Waals surface area contributed by atoms with Crippen LogP contribution in [0.25, 0.3) is 0 Å². The maximum absolute atomic E-state index is 12.3. The first-order chi connectivity index (χ1) is 5.52. The lowest BCUT2D eigenvalue weighted by molar-refractivity contribution is 0.149. The molecule has 0 aliphatic carbocycles. The minimum atomic E-state index is -2.43. The van der Waals surface area contributed by atoms with E-state index in [9.17, 15) is 8.78 Å². The summed E-state index contributed by atoms with van der Waals surface area (Å²) in [6.45, 7) is 1.80. The molecule has 0 spiro atoms. The molecule has 1 rings (SSSR count). The molecule has 1 nitrogen and oxygen atoms in total. The van der Waals surface area contributed by atoms with Gasteiger partial charge in [0.25, 0.3) is 6.43 Å². The molecule has 12 heavy (non-hydrogen) atoms. The summed E-state index contributed by atoms with van der Waals surface area (Å²) in [6.07, 6.45) is -2.43. The fourth-order valence-corrected chi connectivity index (χ4v) is 1.93. The topological polar surface area (TPSA) is 12.9 Å². The molecule has 0 N–H and O–H groups in total. The smallest absolute Gasteiger partial charge is 0.246 e. The molecule has 0 aromatic carbocycles. The Kier molecular flexibility index (Phi) is 3.62. The third-order valence-corrected chi connectivity index (χ3v) is 3.32. The predicted octanol–water partition coefficient (Wildman–Crippen LogP) is 3.54. The van der Waals surface area contributed by atoms with Crippen LogP contribution in [0.15, 0.2) is 6.07 Å². The van der Waals surface area contributed by atoms with Gasteiger partial charge in [-0.2, -0.15) is 0 Å². The SMILES string of the molecule is Cc1nc(I)c(C(F)F)cc1I. The van der Waals surface area contributed by atoms with E-state index in [1.165, 1.54) is 6.07 Å². The molecule has 0 fully saturated rings. The van der Waals surface area contributed by atoms with Crippen LogP contribution in [0.2, 0.25) is 0 Å². The van der Waals surface area contributed by atoms with Gasteiger partial charge in [0, 0.05) is 3.57 Å². The lowest BCUT2D eigenvalue weighted by Gasteiger charge is -2.04. The number of aromatic nitrogens is 1. The molecule has 0 aliphatic rings. The molecular formula is C7H5F2I2N. The third-order valence-electron chi connectivity index (χ3n) is 1.37. The van der Waals surface area contributed by atoms with Crippen molar-refractivity contribution < 1.29 is 8.78 Å². The van der Waals surface area contributed by atoms with E-state index in [1.54, 1.807) is 6.92 Å². The number of halogens is 4. The third kappa shape index (κ3) is 2.24. The van der Waals surface area contributed by atoms with Gasteiger partial charge in [-0.15, -0.1) is 0 Å². The Morgan fingerprint density at radius 3 is 2.50 bits per heavy atom. The standard InChI is InChI=1S/C7H5F2I2N/c1-3-5(10)2-4(6(8)9)7(11)12-3/h2,6H,1H3. The molecule has 1 heterocycles. The molecule has 0 radical (unpaired) electrons. The second-order valence-electron chi connectivity index (χ2n) is 2.24. The van der Waals surface area contributed by atoms with Crippen LogP contribution in [0.3, 0.4) is 0 Å². The van der Waals surface area contributed by atoms with E-state index in [1.807, 2.05) is 45.2 Å². The highest BCUT2D eigenvalue weighted by molar-refractivity contribution is 14.1. The average Bonchev–Trinajstić information content (AvgIpc) is 1.96. The Morgan fingerprint density at radius 1 is 1.42 bits per heavy atom. The van der Waals surface area contributed by atoms with Gasteiger partial charge in [-0.05, 0) is 58.2 Å². The number of pyridine rings is 1. The van der Waals surface area contributed by atoms with Crippen LogP contribution >= 0.6 is 45.2 Å². The molecule has 0 atom stereocenters. The number of nitrogens with zero attached hydrogens (tertiary/aromatic N) is 1. The number of aryl methyl sites for hydroxylation is 1. The normalized spacial score (nSPS) is 10.8. The van der Waals surface area contributed by atoms with Gasteiger partial charge in [0.2, 0.25) is 0 Å². The van der Waals surface area contributed by atoms with Gasteiger partial charge < -0.3 is 0 Å². The Hall–Kier alpha value is 0.470. The van der Waals surface area contributed by atoms with Crippen LogP contribution in [0.5, 0.6) is 0 Å². The van der Waals surface area contributed by atoms with Gasteiger partial charge in [-0.1, -0.05) is 0 Å². The van der Waals surface area contributed by atoms with Crippen LogP contribution in [0.4, 0.5) is 8.78 Å². The fraction of sp³-hybridized carbons (Fsp3) is 0.286. The number of alkyl halides is 2. The van der Waals surface area contributed by atoms with Crippen LogP contribution in [0.1, 0.15) is 17.7 Å². The minimum Gasteiger partial charge on any atom is -0.246 e. The number of hydrogen-bond donors (Lipinski definition) is 0. The summed E-state index contributed by atoms with van der Waals surface area (Å²) in [6, 6.07) is 1.48. The Labute approximate surface area is 96.2 Å². The lowest BCUT2D eigenvalue weighted by atomic mass is 10.3. The highest BCUT2D eigenvalue weighted by atomic mass is 127. The molecule has 0 saturated heterocycles. The van der Waals surface area contributed by atoms with E-state index in [2.05, 4.69) is 4.98 Å². The first kappa shape index (κ1) is 10.6. The second kappa shape index (κ2) is 4.12. The zero-order chi connectivity index (χ0) is 9.30. The van der Waals surface area contributed by atoms with E-state index in [-0.39, 0.29) is 5.56 Å². The van der Waals surface area contributed by atoms with Gasteiger partial charge in [-0.3, -0.25) is 0 Å². The van der Waals surface area contributed by atoms with Gasteiger partial charge >= 0.3 is 0 Å². The number of hydrogen-bond acceptors (Lipinski definition) is 1. The summed E-state index contributed by atoms with van der Waals surface area (Å²) >= 11 is 3.82. The van der Waals surface area contributed by atoms with Crippen LogP contribution in [0, 0.1) is 14.2 Å². The predicted molar refractivity (Wildman–Crippen MR) is 59.4 cm³/mol. The zero-order valence-electron chi connectivity index (χ0n) is 6.11. The molecule has 1 aromatic heterocycles. The summed E-state index contributed by atoms with van der Waals surface area (Å²) in [4.78, 5) is 3.99. The molecule has 5 heteroatoms. The van der Waals surface area contributed by atoms with Gasteiger partial charge in [-0.25, -0.2) is 13.8 Å². The van der Waals surface area contributed by atoms with Gasteiger partial charge in [0.05, 0.1) is 11.3 Å². The van der Waals surface area contributed by atoms with Crippen molar-refractivity contribution in [2.75, 3.05) is 0 Å². The van der Waals surface area contributed by atoms with Crippen molar-refractivity contribution >= 4 is 45.2 Å². The summed E-state index contributed by atoms with van der Waals surface area (Å²) in [5.41, 5.74) is 0.815. The summed E-state index contributed by atoms with van der Waals surface area (Å²) in [5.74, 6) is 0. The van der Waals surface area contributed by atoms with Crippen LogP contribution in [-0.2, 0) is 0 Å². The molecule has 0 saturated carbocycles. The van der Waals surface area contributed by atoms with E-state index in [4.69, 9.17) is 0 Å². The first-order valence-corrected chi connectivity index (χ1v) is 5.29. The Balaban J connectivity index is 3.23. The highest BCUT2D eigenvalue weighted by Crippen LogP contribution is 2.25. The van der Waals surface area contributed by atoms with E-state index in [0.717, 1.165) is 9.26 Å². The van der Waals surface area contributed by atoms with E-state index in [0.29, 0.717) is 3.70 Å². The Morgan fingerprint density at radius 2 is 2.00 bits per heavy atom. The number of rotatable bonds is 1. The monoisotopic (exact) mass is 395 g/mol. The highest BCUT2D eigenvalue weighted by Gasteiger charge is 2.13. The van der Waals surface area contributed by atoms with Crippen LogP contribution in [-0.4, -0.2) is 4.98 Å². The van der Waals surface area contributed by atoms with Crippen molar-refractivity contribution in [2.24, 2.45) is 0 Å². The van der Waals surface area contributed by atoms with Crippen molar-refractivity contribution in [2.45, 2.75) is 13.3 Å². The van der Waals surface area contributed by atoms with Crippen molar-refractivity contribution in [3.63, 3.8) is 0 Å². The average molecular weight is 395 g/mol. The molecule has 0 unspecified atom stereocenters. The lowest BCUT2D eigenvalue weighted by Crippen LogP contribution is -1.97. The van der Waals surface area contributed by atoms with Crippen molar-refractivity contribution in [1.82, 2.24) is 4.98 Å². The van der Waals surface area contributed by atoms with Crippen LogP contribution < -0.4 is 0 Å². The fourth-order valence-electron chi connectivity index (χ4n) is 0.719. The quantitative estimate of drug-likeness (QED) is 0.524. The molecule has 0 bridgehead atoms. The summed E-state index contributed by atoms with van der Waals surface area (Å²) in [7, 11) is 0. The minimum absolute atomic E-state index is 0.0191. The zero-order valence-corrected chi connectivity index (χ0v) is 10.4. The molecule has 0 aliphatic heterocycles. The van der Waals surface area contributed by atoms with E-state index >= 15 is 0 Å². The molecule has 66 valence electrons. The van der Waals surface area contributed by atoms with Gasteiger partial charge in [0.15, 0.2) is 0 Å². The molecular weight excluding hydrogens is 390 g/mol. The first-order valence-electron chi connectivity index (χ1n) is 3.13. The maximum atomic E-state index is 12.3. The van der Waals surface area contributed by atoms with Crippen molar-refractivity contribution in [1.29, 1.82) is 0 Å². The summed E-state index contributed by atoms with van der Waals surface area (Å²) in [5, 5.41) is 0. The van der Waals surface area contributed by atoms with E-state index < -0.39 is 6.43 Å². The maximum Gasteiger partial charge on any atom is 0.266 e. The van der Waals surface area contributed by atoms with Gasteiger partial charge in [0.1, 0.15) is 3.70 Å². The summed E-state index contributed by atoms with van der Waals surface area (Å²) < 4.78 is 25.8.